The molecule has 1 aromatic heterocycles. The van der Waals surface area contributed by atoms with Crippen LogP contribution in [-0.2, 0) is 4.74 Å². The molecular weight excluding hydrogens is 212 g/mol. The highest BCUT2D eigenvalue weighted by molar-refractivity contribution is 9.10. The molecule has 0 aliphatic carbocycles. The van der Waals surface area contributed by atoms with E-state index in [1.165, 1.54) is 14.2 Å². The van der Waals surface area contributed by atoms with Crippen molar-refractivity contribution in [3.63, 3.8) is 0 Å². The fourth-order valence-corrected chi connectivity index (χ4v) is 2.86. The van der Waals surface area contributed by atoms with Crippen LogP contribution in [0.15, 0.2) is 10.5 Å². The van der Waals surface area contributed by atoms with Gasteiger partial charge in [0.25, 0.3) is 0 Å². The fourth-order valence-electron chi connectivity index (χ4n) is 0.920. The number of hydrogen-bond donors (Lipinski definition) is 0. The second kappa shape index (κ2) is 2.32. The first-order valence-corrected chi connectivity index (χ1v) is 4.76. The second-order valence-electron chi connectivity index (χ2n) is 2.39. The average molecular weight is 219 g/mol. The number of hydrogen-bond acceptors (Lipinski definition) is 2. The summed E-state index contributed by atoms with van der Waals surface area (Å²) in [6.07, 6.45) is 0.396. The average Bonchev–Trinajstić information content (AvgIpc) is 2.61. The third-order valence-electron chi connectivity index (χ3n) is 1.46. The van der Waals surface area contributed by atoms with E-state index in [1.54, 1.807) is 0 Å². The summed E-state index contributed by atoms with van der Waals surface area (Å²) < 4.78 is 6.38. The molecule has 1 aromatic rings. The van der Waals surface area contributed by atoms with Crippen LogP contribution in [-0.4, -0.2) is 6.61 Å². The van der Waals surface area contributed by atoms with Gasteiger partial charge in [0, 0.05) is 9.35 Å². The van der Waals surface area contributed by atoms with Gasteiger partial charge in [-0.25, -0.2) is 0 Å². The van der Waals surface area contributed by atoms with Gasteiger partial charge in [-0.3, -0.25) is 0 Å². The molecule has 1 aliphatic rings. The molecule has 3 heteroatoms. The molecule has 0 aromatic carbocycles. The standard InChI is InChI=1S/C7H7BrOS/c1-4-2-5(8)7(10-4)6-3-9-6/h2,6H,3H2,1H3/t6-/m1/s1. The summed E-state index contributed by atoms with van der Waals surface area (Å²) in [4.78, 5) is 2.69. The van der Waals surface area contributed by atoms with Gasteiger partial charge in [-0.2, -0.15) is 0 Å². The van der Waals surface area contributed by atoms with Crippen LogP contribution in [0.1, 0.15) is 15.9 Å². The van der Waals surface area contributed by atoms with Gasteiger partial charge < -0.3 is 4.74 Å². The quantitative estimate of drug-likeness (QED) is 0.661. The fraction of sp³-hybridized carbons (Fsp3) is 0.429. The Hall–Kier alpha value is 0.140. The normalized spacial score (nSPS) is 23.2. The summed E-state index contributed by atoms with van der Waals surface area (Å²) >= 11 is 5.30. The number of aryl methyl sites for hydroxylation is 1. The third-order valence-corrected chi connectivity index (χ3v) is 3.52. The van der Waals surface area contributed by atoms with Crippen molar-refractivity contribution in [2.24, 2.45) is 0 Å². The van der Waals surface area contributed by atoms with Gasteiger partial charge in [-0.15, -0.1) is 11.3 Å². The minimum Gasteiger partial charge on any atom is -0.367 e. The second-order valence-corrected chi connectivity index (χ2v) is 4.53. The summed E-state index contributed by atoms with van der Waals surface area (Å²) in [7, 11) is 0. The van der Waals surface area contributed by atoms with Crippen molar-refractivity contribution in [2.45, 2.75) is 13.0 Å². The Kier molecular flexibility index (Phi) is 1.59. The van der Waals surface area contributed by atoms with Crippen LogP contribution in [0, 0.1) is 6.92 Å². The van der Waals surface area contributed by atoms with Crippen LogP contribution in [0.4, 0.5) is 0 Å². The van der Waals surface area contributed by atoms with Crippen molar-refractivity contribution in [3.8, 4) is 0 Å². The van der Waals surface area contributed by atoms with E-state index in [2.05, 4.69) is 28.9 Å². The van der Waals surface area contributed by atoms with Crippen molar-refractivity contribution in [3.05, 3.63) is 20.3 Å². The highest BCUT2D eigenvalue weighted by Crippen LogP contribution is 2.40. The van der Waals surface area contributed by atoms with Gasteiger partial charge in [0.15, 0.2) is 0 Å². The lowest BCUT2D eigenvalue weighted by atomic mass is 10.4. The Morgan fingerprint density at radius 3 is 2.90 bits per heavy atom. The lowest BCUT2D eigenvalue weighted by Gasteiger charge is -1.86. The molecule has 2 heterocycles. The van der Waals surface area contributed by atoms with E-state index in [4.69, 9.17) is 4.74 Å². The molecule has 1 atom stereocenters. The summed E-state index contributed by atoms with van der Waals surface area (Å²) in [5.74, 6) is 0. The molecule has 0 amide bonds. The Morgan fingerprint density at radius 2 is 2.50 bits per heavy atom. The van der Waals surface area contributed by atoms with Crippen molar-refractivity contribution < 1.29 is 4.74 Å². The van der Waals surface area contributed by atoms with Crippen molar-refractivity contribution in [1.82, 2.24) is 0 Å². The topological polar surface area (TPSA) is 12.5 Å². The lowest BCUT2D eigenvalue weighted by molar-refractivity contribution is 0.418. The number of epoxide rings is 1. The van der Waals surface area contributed by atoms with Crippen LogP contribution >= 0.6 is 27.3 Å². The maximum Gasteiger partial charge on any atom is 0.116 e. The minimum atomic E-state index is 0.396. The van der Waals surface area contributed by atoms with Crippen molar-refractivity contribution in [1.29, 1.82) is 0 Å². The predicted molar refractivity (Wildman–Crippen MR) is 45.4 cm³/mol. The summed E-state index contributed by atoms with van der Waals surface area (Å²) in [6, 6.07) is 2.14. The largest absolute Gasteiger partial charge is 0.367 e. The molecule has 0 bridgehead atoms. The number of thiophene rings is 1. The van der Waals surface area contributed by atoms with Gasteiger partial charge >= 0.3 is 0 Å². The summed E-state index contributed by atoms with van der Waals surface area (Å²) in [5.41, 5.74) is 0. The van der Waals surface area contributed by atoms with Crippen LogP contribution in [0.2, 0.25) is 0 Å². The highest BCUT2D eigenvalue weighted by atomic mass is 79.9. The van der Waals surface area contributed by atoms with E-state index in [-0.39, 0.29) is 0 Å². The zero-order valence-corrected chi connectivity index (χ0v) is 7.96. The summed E-state index contributed by atoms with van der Waals surface area (Å²) in [5, 5.41) is 0. The van der Waals surface area contributed by atoms with Gasteiger partial charge in [-0.1, -0.05) is 0 Å². The van der Waals surface area contributed by atoms with Crippen molar-refractivity contribution in [2.75, 3.05) is 6.61 Å². The third kappa shape index (κ3) is 1.13. The first-order chi connectivity index (χ1) is 4.77. The van der Waals surface area contributed by atoms with E-state index < -0.39 is 0 Å². The van der Waals surface area contributed by atoms with Crippen LogP contribution < -0.4 is 0 Å². The Labute approximate surface area is 72.1 Å². The van der Waals surface area contributed by atoms with E-state index >= 15 is 0 Å². The molecule has 1 fully saturated rings. The molecule has 1 aliphatic heterocycles. The Balaban J connectivity index is 2.38. The van der Waals surface area contributed by atoms with E-state index in [0.717, 1.165) is 6.61 Å². The number of rotatable bonds is 1. The van der Waals surface area contributed by atoms with Crippen LogP contribution in [0.5, 0.6) is 0 Å². The van der Waals surface area contributed by atoms with Crippen LogP contribution in [0.25, 0.3) is 0 Å². The van der Waals surface area contributed by atoms with E-state index in [9.17, 15) is 0 Å². The first kappa shape index (κ1) is 6.83. The smallest absolute Gasteiger partial charge is 0.116 e. The number of ether oxygens (including phenoxy) is 1. The van der Waals surface area contributed by atoms with Gasteiger partial charge in [0.1, 0.15) is 6.10 Å². The molecule has 54 valence electrons. The first-order valence-electron chi connectivity index (χ1n) is 3.15. The lowest BCUT2D eigenvalue weighted by Crippen LogP contribution is -1.70. The van der Waals surface area contributed by atoms with E-state index in [1.807, 2.05) is 11.3 Å². The molecular formula is C7H7BrOS. The molecule has 0 spiro atoms. The monoisotopic (exact) mass is 218 g/mol. The molecule has 1 nitrogen and oxygen atoms in total. The maximum atomic E-state index is 5.17. The van der Waals surface area contributed by atoms with Crippen molar-refractivity contribution >= 4 is 27.3 Å². The Morgan fingerprint density at radius 1 is 1.80 bits per heavy atom. The Bertz CT molecular complexity index is 252. The van der Waals surface area contributed by atoms with E-state index in [0.29, 0.717) is 6.10 Å². The zero-order valence-electron chi connectivity index (χ0n) is 5.56. The van der Waals surface area contributed by atoms with Crippen LogP contribution in [0.3, 0.4) is 0 Å². The molecule has 0 unspecified atom stereocenters. The maximum absolute atomic E-state index is 5.17. The molecule has 0 N–H and O–H groups in total. The predicted octanol–water partition coefficient (Wildman–Crippen LogP) is 2.89. The van der Waals surface area contributed by atoms with Gasteiger partial charge in [0.2, 0.25) is 0 Å². The number of halogens is 1. The van der Waals surface area contributed by atoms with Gasteiger partial charge in [-0.05, 0) is 28.9 Å². The molecule has 1 saturated heterocycles. The molecule has 0 radical (unpaired) electrons. The summed E-state index contributed by atoms with van der Waals surface area (Å²) in [6.45, 7) is 3.01. The zero-order chi connectivity index (χ0) is 7.14. The molecule has 0 saturated carbocycles. The molecule has 10 heavy (non-hydrogen) atoms. The minimum absolute atomic E-state index is 0.396. The highest BCUT2D eigenvalue weighted by Gasteiger charge is 2.28. The molecule has 2 rings (SSSR count). The SMILES string of the molecule is Cc1cc(Br)c([C@H]2CO2)s1. The van der Waals surface area contributed by atoms with Gasteiger partial charge in [0.05, 0.1) is 11.5 Å².